The number of nitrogens with zero attached hydrogens (tertiary/aromatic N) is 3. The molecular formula is C15H11N3O2S. The highest BCUT2D eigenvalue weighted by molar-refractivity contribution is 7.16. The molecule has 3 aromatic rings. The Morgan fingerprint density at radius 3 is 2.71 bits per heavy atom. The summed E-state index contributed by atoms with van der Waals surface area (Å²) >= 11 is 1.19. The van der Waals surface area contributed by atoms with Crippen LogP contribution in [-0.2, 0) is 11.3 Å². The molecule has 21 heavy (non-hydrogen) atoms. The lowest BCUT2D eigenvalue weighted by Gasteiger charge is -2.01. The number of rotatable bonds is 4. The monoisotopic (exact) mass is 297 g/mol. The maximum Gasteiger partial charge on any atom is 0.369 e. The molecule has 0 aliphatic carbocycles. The van der Waals surface area contributed by atoms with Gasteiger partial charge in [-0.3, -0.25) is 4.98 Å². The molecule has 0 saturated carbocycles. The second-order valence-corrected chi connectivity index (χ2v) is 5.19. The van der Waals surface area contributed by atoms with Crippen LogP contribution in [-0.4, -0.2) is 21.2 Å². The molecule has 0 spiro atoms. The molecule has 0 amide bonds. The molecule has 0 N–H and O–H groups in total. The molecule has 0 saturated heterocycles. The van der Waals surface area contributed by atoms with Gasteiger partial charge in [-0.15, -0.1) is 10.2 Å². The van der Waals surface area contributed by atoms with Crippen LogP contribution < -0.4 is 0 Å². The minimum atomic E-state index is -0.466. The van der Waals surface area contributed by atoms with Gasteiger partial charge < -0.3 is 4.74 Å². The third-order valence-electron chi connectivity index (χ3n) is 2.72. The topological polar surface area (TPSA) is 65.0 Å². The van der Waals surface area contributed by atoms with Crippen molar-refractivity contribution < 1.29 is 9.53 Å². The van der Waals surface area contributed by atoms with Crippen LogP contribution >= 0.6 is 11.3 Å². The van der Waals surface area contributed by atoms with E-state index in [0.29, 0.717) is 5.01 Å². The van der Waals surface area contributed by atoms with Crippen LogP contribution in [0.15, 0.2) is 54.9 Å². The van der Waals surface area contributed by atoms with Crippen molar-refractivity contribution in [1.82, 2.24) is 15.2 Å². The van der Waals surface area contributed by atoms with Crippen LogP contribution in [0.2, 0.25) is 0 Å². The van der Waals surface area contributed by atoms with Gasteiger partial charge in [-0.05, 0) is 17.7 Å². The molecule has 0 bridgehead atoms. The summed E-state index contributed by atoms with van der Waals surface area (Å²) in [7, 11) is 0. The fourth-order valence-corrected chi connectivity index (χ4v) is 2.42. The highest BCUT2D eigenvalue weighted by Gasteiger charge is 2.15. The summed E-state index contributed by atoms with van der Waals surface area (Å²) in [5.74, 6) is -0.466. The van der Waals surface area contributed by atoms with E-state index in [-0.39, 0.29) is 11.6 Å². The number of pyridine rings is 1. The molecular weight excluding hydrogens is 286 g/mol. The Kier molecular flexibility index (Phi) is 3.97. The zero-order chi connectivity index (χ0) is 14.5. The van der Waals surface area contributed by atoms with Gasteiger partial charge in [0.05, 0.1) is 0 Å². The number of carbonyl (C=O) groups is 1. The summed E-state index contributed by atoms with van der Waals surface area (Å²) in [4.78, 5) is 15.9. The van der Waals surface area contributed by atoms with Crippen molar-refractivity contribution in [2.45, 2.75) is 6.61 Å². The molecule has 0 unspecified atom stereocenters. The van der Waals surface area contributed by atoms with E-state index in [1.165, 1.54) is 11.3 Å². The molecule has 0 atom stereocenters. The summed E-state index contributed by atoms with van der Waals surface area (Å²) < 4.78 is 5.22. The largest absolute Gasteiger partial charge is 0.455 e. The number of hydrogen-bond donors (Lipinski definition) is 0. The Balaban J connectivity index is 1.67. The first-order valence-electron chi connectivity index (χ1n) is 6.28. The van der Waals surface area contributed by atoms with Crippen LogP contribution in [0.1, 0.15) is 15.4 Å². The fourth-order valence-electron chi connectivity index (χ4n) is 1.70. The Morgan fingerprint density at radius 1 is 1.10 bits per heavy atom. The number of benzene rings is 1. The molecule has 2 heterocycles. The van der Waals surface area contributed by atoms with Gasteiger partial charge in [0.1, 0.15) is 11.6 Å². The Morgan fingerprint density at radius 2 is 1.95 bits per heavy atom. The van der Waals surface area contributed by atoms with Gasteiger partial charge in [0.2, 0.25) is 5.01 Å². The number of ether oxygens (including phenoxy) is 1. The zero-order valence-electron chi connectivity index (χ0n) is 11.0. The Hall–Kier alpha value is -2.60. The quantitative estimate of drug-likeness (QED) is 0.693. The first-order valence-corrected chi connectivity index (χ1v) is 7.09. The number of esters is 1. The van der Waals surface area contributed by atoms with Crippen LogP contribution in [0, 0.1) is 0 Å². The predicted molar refractivity (Wildman–Crippen MR) is 78.7 cm³/mol. The molecule has 3 rings (SSSR count). The standard InChI is InChI=1S/C15H11N3O2S/c19-15(20-10-11-5-2-1-3-6-11)14-18-17-13(21-14)12-7-4-8-16-9-12/h1-9H,10H2. The first kappa shape index (κ1) is 13.4. The van der Waals surface area contributed by atoms with Gasteiger partial charge in [0, 0.05) is 18.0 Å². The third-order valence-corrected chi connectivity index (χ3v) is 3.67. The lowest BCUT2D eigenvalue weighted by molar-refractivity contribution is 0.0471. The van der Waals surface area contributed by atoms with E-state index in [2.05, 4.69) is 15.2 Å². The summed E-state index contributed by atoms with van der Waals surface area (Å²) in [5.41, 5.74) is 1.76. The van der Waals surface area contributed by atoms with E-state index in [1.807, 2.05) is 42.5 Å². The predicted octanol–water partition coefficient (Wildman–Crippen LogP) is 2.96. The van der Waals surface area contributed by atoms with Gasteiger partial charge in [-0.25, -0.2) is 4.79 Å². The molecule has 6 heteroatoms. The van der Waals surface area contributed by atoms with Crippen molar-refractivity contribution >= 4 is 17.3 Å². The van der Waals surface area contributed by atoms with Crippen LogP contribution in [0.4, 0.5) is 0 Å². The molecule has 2 aromatic heterocycles. The summed E-state index contributed by atoms with van der Waals surface area (Å²) in [6.45, 7) is 0.224. The first-order chi connectivity index (χ1) is 10.3. The molecule has 0 fully saturated rings. The van der Waals surface area contributed by atoms with E-state index in [4.69, 9.17) is 4.74 Å². The van der Waals surface area contributed by atoms with Crippen LogP contribution in [0.25, 0.3) is 10.6 Å². The number of aromatic nitrogens is 3. The highest BCUT2D eigenvalue weighted by atomic mass is 32.1. The lowest BCUT2D eigenvalue weighted by atomic mass is 10.2. The second-order valence-electron chi connectivity index (χ2n) is 4.22. The van der Waals surface area contributed by atoms with E-state index in [0.717, 1.165) is 11.1 Å². The summed E-state index contributed by atoms with van der Waals surface area (Å²) in [6, 6.07) is 13.2. The minimum absolute atomic E-state index is 0.224. The fraction of sp³-hybridized carbons (Fsp3) is 0.0667. The van der Waals surface area contributed by atoms with E-state index in [9.17, 15) is 4.79 Å². The zero-order valence-corrected chi connectivity index (χ0v) is 11.8. The third kappa shape index (κ3) is 3.29. The molecule has 5 nitrogen and oxygen atoms in total. The van der Waals surface area contributed by atoms with E-state index >= 15 is 0 Å². The smallest absolute Gasteiger partial charge is 0.369 e. The summed E-state index contributed by atoms with van der Waals surface area (Å²) in [6.07, 6.45) is 3.36. The molecule has 1 aromatic carbocycles. The Bertz CT molecular complexity index is 729. The van der Waals surface area contributed by atoms with E-state index in [1.54, 1.807) is 12.4 Å². The number of hydrogen-bond acceptors (Lipinski definition) is 6. The summed E-state index contributed by atoms with van der Waals surface area (Å²) in [5, 5.41) is 8.75. The average molecular weight is 297 g/mol. The lowest BCUT2D eigenvalue weighted by Crippen LogP contribution is -2.04. The van der Waals surface area contributed by atoms with Gasteiger partial charge in [-0.2, -0.15) is 0 Å². The Labute approximate surface area is 125 Å². The average Bonchev–Trinajstić information content (AvgIpc) is 3.04. The van der Waals surface area contributed by atoms with Crippen LogP contribution in [0.3, 0.4) is 0 Å². The van der Waals surface area contributed by atoms with Crippen LogP contribution in [0.5, 0.6) is 0 Å². The maximum absolute atomic E-state index is 11.9. The number of carbonyl (C=O) groups excluding carboxylic acids is 1. The van der Waals surface area contributed by atoms with Crippen molar-refractivity contribution in [1.29, 1.82) is 0 Å². The van der Waals surface area contributed by atoms with Crippen molar-refractivity contribution in [2.24, 2.45) is 0 Å². The van der Waals surface area contributed by atoms with Gasteiger partial charge >= 0.3 is 5.97 Å². The molecule has 0 aliphatic rings. The van der Waals surface area contributed by atoms with Gasteiger partial charge in [-0.1, -0.05) is 41.7 Å². The SMILES string of the molecule is O=C(OCc1ccccc1)c1nnc(-c2cccnc2)s1. The van der Waals surface area contributed by atoms with E-state index < -0.39 is 5.97 Å². The normalized spacial score (nSPS) is 10.3. The maximum atomic E-state index is 11.9. The molecule has 0 aliphatic heterocycles. The minimum Gasteiger partial charge on any atom is -0.455 e. The molecule has 104 valence electrons. The van der Waals surface area contributed by atoms with Crippen molar-refractivity contribution in [2.75, 3.05) is 0 Å². The van der Waals surface area contributed by atoms with Gasteiger partial charge in [0.25, 0.3) is 0 Å². The highest BCUT2D eigenvalue weighted by Crippen LogP contribution is 2.22. The molecule has 0 radical (unpaired) electrons. The van der Waals surface area contributed by atoms with Crippen molar-refractivity contribution in [3.63, 3.8) is 0 Å². The second kappa shape index (κ2) is 6.23. The van der Waals surface area contributed by atoms with Crippen molar-refractivity contribution in [3.05, 3.63) is 65.4 Å². The van der Waals surface area contributed by atoms with Crippen molar-refractivity contribution in [3.8, 4) is 10.6 Å². The van der Waals surface area contributed by atoms with Gasteiger partial charge in [0.15, 0.2) is 0 Å².